The topological polar surface area (TPSA) is 23.5 Å². The van der Waals surface area contributed by atoms with Crippen molar-refractivity contribution in [2.24, 2.45) is 5.41 Å². The first-order valence-electron chi connectivity index (χ1n) is 3.94. The molecule has 0 atom stereocenters. The zero-order valence-electron chi connectivity index (χ0n) is 6.21. The molecule has 1 saturated heterocycles. The Kier molecular flexibility index (Phi) is 1.29. The minimum absolute atomic E-state index is 0.00645. The van der Waals surface area contributed by atoms with Crippen molar-refractivity contribution in [1.29, 1.82) is 0 Å². The first-order valence-corrected chi connectivity index (χ1v) is 3.94. The largest absolute Gasteiger partial charge is 0.393 e. The van der Waals surface area contributed by atoms with Crippen molar-refractivity contribution < 1.29 is 5.11 Å². The fraction of sp³-hybridized carbons (Fsp3) is 0.875. The van der Waals surface area contributed by atoms with E-state index in [0.717, 1.165) is 19.4 Å². The van der Waals surface area contributed by atoms with Crippen molar-refractivity contribution in [3.63, 3.8) is 0 Å². The van der Waals surface area contributed by atoms with Crippen LogP contribution in [0.3, 0.4) is 0 Å². The van der Waals surface area contributed by atoms with Crippen molar-refractivity contribution in [2.75, 3.05) is 19.6 Å². The second-order valence-corrected chi connectivity index (χ2v) is 3.77. The van der Waals surface area contributed by atoms with E-state index in [1.54, 1.807) is 0 Å². The quantitative estimate of drug-likeness (QED) is 0.565. The van der Waals surface area contributed by atoms with E-state index < -0.39 is 0 Å². The van der Waals surface area contributed by atoms with Gasteiger partial charge in [-0.1, -0.05) is 0 Å². The number of aliphatic hydroxyl groups excluding tert-OH is 1. The lowest BCUT2D eigenvalue weighted by Gasteiger charge is -2.57. The summed E-state index contributed by atoms with van der Waals surface area (Å²) >= 11 is 0. The molecular weight excluding hydrogens is 126 g/mol. The van der Waals surface area contributed by atoms with Crippen LogP contribution in [0.15, 0.2) is 0 Å². The molecule has 1 saturated carbocycles. The van der Waals surface area contributed by atoms with Gasteiger partial charge in [0, 0.05) is 18.5 Å². The maximum absolute atomic E-state index is 9.07. The molecule has 1 spiro atoms. The van der Waals surface area contributed by atoms with Gasteiger partial charge in [0.2, 0.25) is 0 Å². The Bertz CT molecular complexity index is 132. The SMILES string of the molecule is [CH2]CN1CC2(CC(O)C2)C1. The predicted molar refractivity (Wildman–Crippen MR) is 39.5 cm³/mol. The highest BCUT2D eigenvalue weighted by molar-refractivity contribution is 5.04. The van der Waals surface area contributed by atoms with E-state index in [1.165, 1.54) is 13.1 Å². The summed E-state index contributed by atoms with van der Waals surface area (Å²) in [5, 5.41) is 9.07. The average Bonchev–Trinajstić information content (AvgIpc) is 1.74. The van der Waals surface area contributed by atoms with Gasteiger partial charge in [-0.2, -0.15) is 0 Å². The molecule has 1 aliphatic carbocycles. The van der Waals surface area contributed by atoms with Crippen LogP contribution >= 0.6 is 0 Å². The fourth-order valence-corrected chi connectivity index (χ4v) is 2.26. The molecule has 2 aliphatic rings. The molecule has 0 amide bonds. The van der Waals surface area contributed by atoms with E-state index in [4.69, 9.17) is 5.11 Å². The molecule has 1 heterocycles. The van der Waals surface area contributed by atoms with Gasteiger partial charge in [0.25, 0.3) is 0 Å². The van der Waals surface area contributed by atoms with Crippen molar-refractivity contribution in [1.82, 2.24) is 4.90 Å². The minimum Gasteiger partial charge on any atom is -0.393 e. The van der Waals surface area contributed by atoms with Crippen LogP contribution in [0.25, 0.3) is 0 Å². The van der Waals surface area contributed by atoms with Crippen molar-refractivity contribution >= 4 is 0 Å². The Morgan fingerprint density at radius 3 is 2.50 bits per heavy atom. The van der Waals surface area contributed by atoms with Gasteiger partial charge in [-0.05, 0) is 26.3 Å². The summed E-state index contributed by atoms with van der Waals surface area (Å²) in [6.45, 7) is 7.09. The standard InChI is InChI=1S/C8H14NO/c1-2-9-5-8(6-9)3-7(10)4-8/h7,10H,1-6H2. The lowest BCUT2D eigenvalue weighted by molar-refractivity contribution is -0.124. The normalized spacial score (nSPS) is 31.8. The maximum atomic E-state index is 9.07. The molecule has 1 aliphatic heterocycles. The van der Waals surface area contributed by atoms with Gasteiger partial charge in [0.05, 0.1) is 6.10 Å². The number of hydrogen-bond donors (Lipinski definition) is 1. The number of rotatable bonds is 1. The highest BCUT2D eigenvalue weighted by Crippen LogP contribution is 2.47. The van der Waals surface area contributed by atoms with Crippen LogP contribution in [0.1, 0.15) is 12.8 Å². The zero-order valence-corrected chi connectivity index (χ0v) is 6.21. The minimum atomic E-state index is 0.00645. The molecule has 1 radical (unpaired) electrons. The van der Waals surface area contributed by atoms with Crippen LogP contribution in [0.5, 0.6) is 0 Å². The average molecular weight is 140 g/mol. The Labute approximate surface area is 61.8 Å². The number of likely N-dealkylation sites (tertiary alicyclic amines) is 1. The molecule has 2 rings (SSSR count). The second-order valence-electron chi connectivity index (χ2n) is 3.77. The fourth-order valence-electron chi connectivity index (χ4n) is 2.26. The van der Waals surface area contributed by atoms with Crippen LogP contribution in [-0.2, 0) is 0 Å². The first kappa shape index (κ1) is 6.62. The van der Waals surface area contributed by atoms with Crippen molar-refractivity contribution in [3.8, 4) is 0 Å². The number of aliphatic hydroxyl groups is 1. The summed E-state index contributed by atoms with van der Waals surface area (Å²) in [5.74, 6) is 0. The summed E-state index contributed by atoms with van der Waals surface area (Å²) < 4.78 is 0. The summed E-state index contributed by atoms with van der Waals surface area (Å²) in [4.78, 5) is 2.33. The third kappa shape index (κ3) is 0.789. The summed E-state index contributed by atoms with van der Waals surface area (Å²) in [5.41, 5.74) is 0.525. The molecule has 0 unspecified atom stereocenters. The molecule has 2 fully saturated rings. The van der Waals surface area contributed by atoms with E-state index in [1.807, 2.05) is 0 Å². The third-order valence-corrected chi connectivity index (χ3v) is 2.77. The van der Waals surface area contributed by atoms with Crippen molar-refractivity contribution in [2.45, 2.75) is 18.9 Å². The smallest absolute Gasteiger partial charge is 0.0552 e. The van der Waals surface area contributed by atoms with Gasteiger partial charge < -0.3 is 10.0 Å². The molecule has 2 nitrogen and oxygen atoms in total. The number of hydrogen-bond acceptors (Lipinski definition) is 2. The van der Waals surface area contributed by atoms with E-state index in [9.17, 15) is 0 Å². The summed E-state index contributed by atoms with van der Waals surface area (Å²) in [6, 6.07) is 0. The highest BCUT2D eigenvalue weighted by atomic mass is 16.3. The molecule has 0 aromatic rings. The van der Waals surface area contributed by atoms with Crippen molar-refractivity contribution in [3.05, 3.63) is 6.92 Å². The van der Waals surface area contributed by atoms with Gasteiger partial charge in [-0.25, -0.2) is 0 Å². The molecule has 1 N–H and O–H groups in total. The Hall–Kier alpha value is -0.0800. The predicted octanol–water partition coefficient (Wildman–Crippen LogP) is 0.277. The summed E-state index contributed by atoms with van der Waals surface area (Å²) in [7, 11) is 0. The molecular formula is C8H14NO. The van der Waals surface area contributed by atoms with E-state index in [-0.39, 0.29) is 6.10 Å². The van der Waals surface area contributed by atoms with Gasteiger partial charge >= 0.3 is 0 Å². The first-order chi connectivity index (χ1) is 4.74. The molecule has 57 valence electrons. The molecule has 0 aromatic heterocycles. The molecule has 0 bridgehead atoms. The Balaban J connectivity index is 1.80. The van der Waals surface area contributed by atoms with Gasteiger partial charge in [-0.15, -0.1) is 0 Å². The van der Waals surface area contributed by atoms with Gasteiger partial charge in [0.15, 0.2) is 0 Å². The van der Waals surface area contributed by atoms with Crippen LogP contribution in [0.4, 0.5) is 0 Å². The third-order valence-electron chi connectivity index (χ3n) is 2.77. The Morgan fingerprint density at radius 1 is 1.50 bits per heavy atom. The van der Waals surface area contributed by atoms with Crippen LogP contribution in [0.2, 0.25) is 0 Å². The zero-order chi connectivity index (χ0) is 7.19. The van der Waals surface area contributed by atoms with Crippen LogP contribution in [0, 0.1) is 12.3 Å². The van der Waals surface area contributed by atoms with E-state index in [2.05, 4.69) is 11.8 Å². The molecule has 2 heteroatoms. The Morgan fingerprint density at radius 2 is 2.10 bits per heavy atom. The maximum Gasteiger partial charge on any atom is 0.0552 e. The monoisotopic (exact) mass is 140 g/mol. The van der Waals surface area contributed by atoms with Crippen LogP contribution in [-0.4, -0.2) is 35.7 Å². The van der Waals surface area contributed by atoms with Gasteiger partial charge in [-0.3, -0.25) is 0 Å². The lowest BCUT2D eigenvalue weighted by atomic mass is 9.62. The summed E-state index contributed by atoms with van der Waals surface area (Å²) in [6.07, 6.45) is 2.07. The highest BCUT2D eigenvalue weighted by Gasteiger charge is 2.50. The molecule has 10 heavy (non-hydrogen) atoms. The van der Waals surface area contributed by atoms with E-state index in [0.29, 0.717) is 5.41 Å². The number of nitrogens with zero attached hydrogens (tertiary/aromatic N) is 1. The lowest BCUT2D eigenvalue weighted by Crippen LogP contribution is -2.63. The molecule has 0 aromatic carbocycles. The van der Waals surface area contributed by atoms with Crippen LogP contribution < -0.4 is 0 Å². The van der Waals surface area contributed by atoms with Gasteiger partial charge in [0.1, 0.15) is 0 Å². The second kappa shape index (κ2) is 1.95. The van der Waals surface area contributed by atoms with E-state index >= 15 is 0 Å².